The number of carbonyl (C=O) groups excluding carboxylic acids is 1. The number of rotatable bonds is 5. The van der Waals surface area contributed by atoms with Gasteiger partial charge in [0.05, 0.1) is 23.2 Å². The first kappa shape index (κ1) is 17.2. The third kappa shape index (κ3) is 3.37. The van der Waals surface area contributed by atoms with Gasteiger partial charge in [-0.05, 0) is 48.7 Å². The van der Waals surface area contributed by atoms with E-state index in [2.05, 4.69) is 15.2 Å². The quantitative estimate of drug-likeness (QED) is 0.670. The molecule has 4 rings (SSSR count). The van der Waals surface area contributed by atoms with Crippen LogP contribution in [0.15, 0.2) is 47.4 Å². The number of hydrogen-bond acceptors (Lipinski definition) is 6. The van der Waals surface area contributed by atoms with Crippen molar-refractivity contribution in [3.8, 4) is 5.75 Å². The van der Waals surface area contributed by atoms with Gasteiger partial charge in [0, 0.05) is 23.7 Å². The fourth-order valence-corrected chi connectivity index (χ4v) is 4.29. The zero-order chi connectivity index (χ0) is 18.1. The van der Waals surface area contributed by atoms with Crippen molar-refractivity contribution in [3.63, 3.8) is 0 Å². The summed E-state index contributed by atoms with van der Waals surface area (Å²) in [6.07, 6.45) is 2.04. The van der Waals surface area contributed by atoms with E-state index < -0.39 is 0 Å². The number of ether oxygens (including phenoxy) is 1. The maximum Gasteiger partial charge on any atom is 0.231 e. The average molecular weight is 386 g/mol. The van der Waals surface area contributed by atoms with Crippen molar-refractivity contribution in [1.82, 2.24) is 4.98 Å². The maximum atomic E-state index is 12.4. The summed E-state index contributed by atoms with van der Waals surface area (Å²) < 4.78 is 6.36. The lowest BCUT2D eigenvalue weighted by molar-refractivity contribution is -0.120. The highest BCUT2D eigenvalue weighted by atomic mass is 32.2. The molecule has 7 heteroatoms. The van der Waals surface area contributed by atoms with Crippen LogP contribution in [-0.4, -0.2) is 37.3 Å². The first-order chi connectivity index (χ1) is 12.7. The molecule has 1 aliphatic heterocycles. The summed E-state index contributed by atoms with van der Waals surface area (Å²) in [5.74, 6) is 0.902. The van der Waals surface area contributed by atoms with Gasteiger partial charge in [-0.25, -0.2) is 4.98 Å². The van der Waals surface area contributed by atoms with Crippen LogP contribution in [0, 0.1) is 5.92 Å². The lowest BCUT2D eigenvalue weighted by atomic mass is 10.00. The fourth-order valence-electron chi connectivity index (χ4n) is 2.87. The van der Waals surface area contributed by atoms with Crippen molar-refractivity contribution in [3.05, 3.63) is 42.5 Å². The number of methoxy groups -OCH3 is 1. The van der Waals surface area contributed by atoms with E-state index in [4.69, 9.17) is 4.74 Å². The number of nitrogens with zero attached hydrogens (tertiary/aromatic N) is 2. The highest BCUT2D eigenvalue weighted by Gasteiger charge is 2.34. The number of carbonyl (C=O) groups is 1. The lowest BCUT2D eigenvalue weighted by Gasteiger charge is -2.37. The van der Waals surface area contributed by atoms with Crippen LogP contribution < -0.4 is 15.0 Å². The number of benzene rings is 2. The molecular weight excluding hydrogens is 366 g/mol. The summed E-state index contributed by atoms with van der Waals surface area (Å²) in [4.78, 5) is 20.4. The van der Waals surface area contributed by atoms with E-state index in [1.165, 1.54) is 4.90 Å². The third-order valence-electron chi connectivity index (χ3n) is 4.46. The van der Waals surface area contributed by atoms with Crippen molar-refractivity contribution in [2.75, 3.05) is 36.7 Å². The van der Waals surface area contributed by atoms with Crippen LogP contribution in [0.2, 0.25) is 0 Å². The van der Waals surface area contributed by atoms with Gasteiger partial charge in [0.1, 0.15) is 5.75 Å². The van der Waals surface area contributed by atoms with Crippen LogP contribution in [0.3, 0.4) is 0 Å². The number of amides is 1. The minimum atomic E-state index is -0.00299. The van der Waals surface area contributed by atoms with Gasteiger partial charge >= 0.3 is 0 Å². The van der Waals surface area contributed by atoms with Crippen LogP contribution in [0.25, 0.3) is 10.2 Å². The Balaban J connectivity index is 1.37. The Bertz CT molecular complexity index is 934. The Labute approximate surface area is 160 Å². The van der Waals surface area contributed by atoms with Gasteiger partial charge < -0.3 is 15.0 Å². The van der Waals surface area contributed by atoms with E-state index in [9.17, 15) is 4.79 Å². The summed E-state index contributed by atoms with van der Waals surface area (Å²) in [5, 5.41) is 3.96. The zero-order valence-electron chi connectivity index (χ0n) is 14.6. The van der Waals surface area contributed by atoms with Crippen LogP contribution in [0.5, 0.6) is 5.75 Å². The molecule has 0 unspecified atom stereocenters. The average Bonchev–Trinajstić information content (AvgIpc) is 3.03. The molecule has 1 fully saturated rings. The van der Waals surface area contributed by atoms with Gasteiger partial charge in [-0.15, -0.1) is 11.8 Å². The number of hydrogen-bond donors (Lipinski definition) is 1. The smallest absolute Gasteiger partial charge is 0.231 e. The number of aromatic nitrogens is 1. The molecule has 0 bridgehead atoms. The summed E-state index contributed by atoms with van der Waals surface area (Å²) in [5.41, 5.74) is 1.81. The Hall–Kier alpha value is -2.25. The summed E-state index contributed by atoms with van der Waals surface area (Å²) >= 11 is 3.32. The minimum absolute atomic E-state index is 0.00299. The van der Waals surface area contributed by atoms with Gasteiger partial charge in [0.2, 0.25) is 5.91 Å². The monoisotopic (exact) mass is 385 g/mol. The van der Waals surface area contributed by atoms with Gasteiger partial charge in [-0.1, -0.05) is 11.3 Å². The van der Waals surface area contributed by atoms with Crippen LogP contribution >= 0.6 is 23.1 Å². The number of nitrogens with one attached hydrogen (secondary N) is 1. The van der Waals surface area contributed by atoms with Crippen molar-refractivity contribution < 1.29 is 9.53 Å². The Kier molecular flexibility index (Phi) is 4.74. The number of anilines is 2. The van der Waals surface area contributed by atoms with Crippen molar-refractivity contribution in [1.29, 1.82) is 0 Å². The number of thiazole rings is 1. The van der Waals surface area contributed by atoms with E-state index in [1.807, 2.05) is 48.7 Å². The van der Waals surface area contributed by atoms with Crippen molar-refractivity contribution >= 4 is 50.0 Å². The molecule has 0 atom stereocenters. The molecule has 134 valence electrons. The van der Waals surface area contributed by atoms with Gasteiger partial charge in [-0.3, -0.25) is 4.79 Å². The van der Waals surface area contributed by atoms with E-state index in [0.29, 0.717) is 13.1 Å². The summed E-state index contributed by atoms with van der Waals surface area (Å²) in [6, 6.07) is 13.8. The molecular formula is C19H19N3O2S2. The summed E-state index contributed by atoms with van der Waals surface area (Å²) in [6.45, 7) is 1.40. The number of fused-ring (bicyclic) bond motifs is 1. The fraction of sp³-hybridized carbons (Fsp3) is 0.263. The molecule has 5 nitrogen and oxygen atoms in total. The molecule has 1 amide bonds. The SMILES string of the molecule is COc1ccc2nc(N3CC(C(=O)Nc4ccc(SC)cc4)C3)sc2c1. The molecule has 1 aliphatic rings. The second kappa shape index (κ2) is 7.17. The molecule has 1 saturated heterocycles. The van der Waals surface area contributed by atoms with Crippen LogP contribution in [-0.2, 0) is 4.79 Å². The molecule has 26 heavy (non-hydrogen) atoms. The molecule has 2 heterocycles. The predicted octanol–water partition coefficient (Wildman–Crippen LogP) is 4.10. The highest BCUT2D eigenvalue weighted by Crippen LogP contribution is 2.34. The zero-order valence-corrected chi connectivity index (χ0v) is 16.2. The Morgan fingerprint density at radius 2 is 2.04 bits per heavy atom. The molecule has 2 aromatic carbocycles. The van der Waals surface area contributed by atoms with Crippen molar-refractivity contribution in [2.24, 2.45) is 5.92 Å². The van der Waals surface area contributed by atoms with E-state index >= 15 is 0 Å². The molecule has 0 spiro atoms. The molecule has 3 aromatic rings. The van der Waals surface area contributed by atoms with Gasteiger partial charge in [-0.2, -0.15) is 0 Å². The minimum Gasteiger partial charge on any atom is -0.497 e. The van der Waals surface area contributed by atoms with E-state index in [0.717, 1.165) is 26.8 Å². The third-order valence-corrected chi connectivity index (χ3v) is 6.29. The van der Waals surface area contributed by atoms with Gasteiger partial charge in [0.15, 0.2) is 5.13 Å². The molecule has 0 saturated carbocycles. The maximum absolute atomic E-state index is 12.4. The number of thioether (sulfide) groups is 1. The Morgan fingerprint density at radius 1 is 1.27 bits per heavy atom. The van der Waals surface area contributed by atoms with Crippen molar-refractivity contribution in [2.45, 2.75) is 4.90 Å². The molecule has 0 radical (unpaired) electrons. The topological polar surface area (TPSA) is 54.5 Å². The standard InChI is InChI=1S/C19H19N3O2S2/c1-24-14-5-8-16-17(9-14)26-19(21-16)22-10-12(11-22)18(23)20-13-3-6-15(25-2)7-4-13/h3-9,12H,10-11H2,1-2H3,(H,20,23). The van der Waals surface area contributed by atoms with E-state index in [1.54, 1.807) is 30.2 Å². The summed E-state index contributed by atoms with van der Waals surface area (Å²) in [7, 11) is 1.66. The first-order valence-corrected chi connectivity index (χ1v) is 10.3. The van der Waals surface area contributed by atoms with Crippen LogP contribution in [0.4, 0.5) is 10.8 Å². The predicted molar refractivity (Wildman–Crippen MR) is 109 cm³/mol. The van der Waals surface area contributed by atoms with E-state index in [-0.39, 0.29) is 11.8 Å². The highest BCUT2D eigenvalue weighted by molar-refractivity contribution is 7.98. The second-order valence-corrected chi connectivity index (χ2v) is 8.04. The van der Waals surface area contributed by atoms with Crippen LogP contribution in [0.1, 0.15) is 0 Å². The normalized spacial score (nSPS) is 14.3. The first-order valence-electron chi connectivity index (χ1n) is 8.30. The Morgan fingerprint density at radius 3 is 2.73 bits per heavy atom. The second-order valence-electron chi connectivity index (χ2n) is 6.15. The molecule has 0 aliphatic carbocycles. The molecule has 1 N–H and O–H groups in total. The lowest BCUT2D eigenvalue weighted by Crippen LogP contribution is -2.52. The van der Waals surface area contributed by atoms with Gasteiger partial charge in [0.25, 0.3) is 0 Å². The molecule has 1 aromatic heterocycles. The largest absolute Gasteiger partial charge is 0.497 e.